The van der Waals surface area contributed by atoms with Gasteiger partial charge in [0, 0.05) is 12.1 Å². The Morgan fingerprint density at radius 3 is 2.90 bits per heavy atom. The van der Waals surface area contributed by atoms with Crippen molar-refractivity contribution in [3.63, 3.8) is 0 Å². The van der Waals surface area contributed by atoms with Crippen molar-refractivity contribution >= 4 is 11.9 Å². The maximum atomic E-state index is 12.4. The first-order chi connectivity index (χ1) is 10.0. The molecule has 0 bridgehead atoms. The standard InChI is InChI=1S/C15H19NO5/c1-10-3-4-13(20-2)11(7-10)8-14(17)16-5-6-21-9-12(16)15(18)19/h3-4,7,12H,5-6,8-9H2,1-2H3,(H,18,19). The van der Waals surface area contributed by atoms with Crippen LogP contribution in [0.1, 0.15) is 11.1 Å². The second-order valence-electron chi connectivity index (χ2n) is 5.01. The molecular formula is C15H19NO5. The average Bonchev–Trinajstić information content (AvgIpc) is 2.47. The van der Waals surface area contributed by atoms with Gasteiger partial charge in [0.15, 0.2) is 6.04 Å². The van der Waals surface area contributed by atoms with Crippen molar-refractivity contribution in [3.05, 3.63) is 29.3 Å². The highest BCUT2D eigenvalue weighted by atomic mass is 16.5. The summed E-state index contributed by atoms with van der Waals surface area (Å²) in [5.74, 6) is -0.636. The van der Waals surface area contributed by atoms with E-state index in [9.17, 15) is 9.59 Å². The van der Waals surface area contributed by atoms with Crippen LogP contribution in [-0.2, 0) is 20.7 Å². The molecule has 0 spiro atoms. The molecule has 1 aliphatic heterocycles. The van der Waals surface area contributed by atoms with Crippen molar-refractivity contribution in [3.8, 4) is 5.75 Å². The number of amides is 1. The molecule has 2 rings (SSSR count). The summed E-state index contributed by atoms with van der Waals surface area (Å²) in [4.78, 5) is 25.0. The summed E-state index contributed by atoms with van der Waals surface area (Å²) in [6.07, 6.45) is 0.120. The maximum absolute atomic E-state index is 12.4. The fourth-order valence-electron chi connectivity index (χ4n) is 2.42. The van der Waals surface area contributed by atoms with E-state index in [2.05, 4.69) is 0 Å². The number of benzene rings is 1. The topological polar surface area (TPSA) is 76.1 Å². The molecule has 21 heavy (non-hydrogen) atoms. The predicted molar refractivity (Wildman–Crippen MR) is 75.4 cm³/mol. The van der Waals surface area contributed by atoms with Crippen molar-refractivity contribution in [2.75, 3.05) is 26.9 Å². The fraction of sp³-hybridized carbons (Fsp3) is 0.467. The lowest BCUT2D eigenvalue weighted by atomic mass is 10.1. The normalized spacial score (nSPS) is 18.4. The molecule has 6 heteroatoms. The van der Waals surface area contributed by atoms with E-state index in [1.165, 1.54) is 4.90 Å². The number of carboxylic acids is 1. The number of morpholine rings is 1. The van der Waals surface area contributed by atoms with E-state index in [1.54, 1.807) is 7.11 Å². The number of nitrogens with zero attached hydrogens (tertiary/aromatic N) is 1. The predicted octanol–water partition coefficient (Wildman–Crippen LogP) is 0.858. The number of methoxy groups -OCH3 is 1. The van der Waals surface area contributed by atoms with E-state index < -0.39 is 12.0 Å². The van der Waals surface area contributed by atoms with Gasteiger partial charge < -0.3 is 19.5 Å². The van der Waals surface area contributed by atoms with Crippen molar-refractivity contribution < 1.29 is 24.2 Å². The van der Waals surface area contributed by atoms with Gasteiger partial charge in [-0.2, -0.15) is 0 Å². The molecule has 1 amide bonds. The summed E-state index contributed by atoms with van der Waals surface area (Å²) in [6.45, 7) is 2.62. The van der Waals surface area contributed by atoms with Gasteiger partial charge in [-0.05, 0) is 13.0 Å². The molecule has 1 saturated heterocycles. The average molecular weight is 293 g/mol. The highest BCUT2D eigenvalue weighted by molar-refractivity contribution is 5.85. The molecule has 1 aliphatic rings. The van der Waals surface area contributed by atoms with Crippen LogP contribution in [0, 0.1) is 6.92 Å². The van der Waals surface area contributed by atoms with Crippen LogP contribution in [0.5, 0.6) is 5.75 Å². The van der Waals surface area contributed by atoms with E-state index in [1.807, 2.05) is 25.1 Å². The number of carboxylic acid groups (broad SMARTS) is 1. The molecule has 1 aromatic carbocycles. The fourth-order valence-corrected chi connectivity index (χ4v) is 2.42. The van der Waals surface area contributed by atoms with E-state index in [0.29, 0.717) is 18.9 Å². The number of hydrogen-bond donors (Lipinski definition) is 1. The molecule has 1 heterocycles. The van der Waals surface area contributed by atoms with Gasteiger partial charge in [-0.25, -0.2) is 4.79 Å². The third kappa shape index (κ3) is 3.52. The molecule has 1 N–H and O–H groups in total. The molecule has 114 valence electrons. The zero-order valence-electron chi connectivity index (χ0n) is 12.2. The van der Waals surface area contributed by atoms with Gasteiger partial charge in [0.2, 0.25) is 5.91 Å². The largest absolute Gasteiger partial charge is 0.496 e. The molecule has 1 fully saturated rings. The summed E-state index contributed by atoms with van der Waals surface area (Å²) in [6, 6.07) is 4.68. The highest BCUT2D eigenvalue weighted by Crippen LogP contribution is 2.21. The van der Waals surface area contributed by atoms with Crippen LogP contribution in [0.2, 0.25) is 0 Å². The molecule has 0 aromatic heterocycles. The molecule has 0 saturated carbocycles. The third-order valence-corrected chi connectivity index (χ3v) is 3.51. The summed E-state index contributed by atoms with van der Waals surface area (Å²) < 4.78 is 10.4. The molecule has 1 atom stereocenters. The first kappa shape index (κ1) is 15.3. The van der Waals surface area contributed by atoms with E-state index in [4.69, 9.17) is 14.6 Å². The summed E-state index contributed by atoms with van der Waals surface area (Å²) in [5.41, 5.74) is 1.79. The van der Waals surface area contributed by atoms with Crippen molar-refractivity contribution in [2.45, 2.75) is 19.4 Å². The minimum absolute atomic E-state index is 0.0338. The van der Waals surface area contributed by atoms with Gasteiger partial charge >= 0.3 is 5.97 Å². The quantitative estimate of drug-likeness (QED) is 0.891. The Hall–Kier alpha value is -2.08. The first-order valence-electron chi connectivity index (χ1n) is 6.76. The number of rotatable bonds is 4. The SMILES string of the molecule is COc1ccc(C)cc1CC(=O)N1CCOCC1C(=O)O. The minimum atomic E-state index is -1.04. The Morgan fingerprint density at radius 2 is 2.24 bits per heavy atom. The Balaban J connectivity index is 2.16. The van der Waals surface area contributed by atoms with E-state index >= 15 is 0 Å². The van der Waals surface area contributed by atoms with Gasteiger partial charge in [0.25, 0.3) is 0 Å². The van der Waals surface area contributed by atoms with Crippen LogP contribution in [0.4, 0.5) is 0 Å². The van der Waals surface area contributed by atoms with Gasteiger partial charge in [-0.3, -0.25) is 4.79 Å². The summed E-state index contributed by atoms with van der Waals surface area (Å²) in [7, 11) is 1.55. The van der Waals surface area contributed by atoms with Gasteiger partial charge in [-0.1, -0.05) is 17.7 Å². The number of aliphatic carboxylic acids is 1. The third-order valence-electron chi connectivity index (χ3n) is 3.51. The Kier molecular flexibility index (Phi) is 4.80. The number of ether oxygens (including phenoxy) is 2. The lowest BCUT2D eigenvalue weighted by molar-refractivity contribution is -0.158. The van der Waals surface area contributed by atoms with Crippen LogP contribution >= 0.6 is 0 Å². The van der Waals surface area contributed by atoms with Crippen LogP contribution < -0.4 is 4.74 Å². The van der Waals surface area contributed by atoms with E-state index in [-0.39, 0.29) is 18.9 Å². The van der Waals surface area contributed by atoms with Crippen LogP contribution in [0.3, 0.4) is 0 Å². The molecular weight excluding hydrogens is 274 g/mol. The lowest BCUT2D eigenvalue weighted by Crippen LogP contribution is -2.53. The van der Waals surface area contributed by atoms with Gasteiger partial charge in [0.1, 0.15) is 5.75 Å². The van der Waals surface area contributed by atoms with Gasteiger partial charge in [0.05, 0.1) is 26.7 Å². The molecule has 6 nitrogen and oxygen atoms in total. The molecule has 0 radical (unpaired) electrons. The zero-order valence-corrected chi connectivity index (χ0v) is 12.2. The van der Waals surface area contributed by atoms with Crippen molar-refractivity contribution in [1.82, 2.24) is 4.90 Å². The minimum Gasteiger partial charge on any atom is -0.496 e. The second-order valence-corrected chi connectivity index (χ2v) is 5.01. The number of aryl methyl sites for hydroxylation is 1. The molecule has 1 unspecified atom stereocenters. The van der Waals surface area contributed by atoms with Crippen molar-refractivity contribution in [2.24, 2.45) is 0 Å². The summed E-state index contributed by atoms with van der Waals surface area (Å²) in [5, 5.41) is 9.17. The maximum Gasteiger partial charge on any atom is 0.328 e. The first-order valence-corrected chi connectivity index (χ1v) is 6.76. The zero-order chi connectivity index (χ0) is 15.4. The van der Waals surface area contributed by atoms with Gasteiger partial charge in [-0.15, -0.1) is 0 Å². The Bertz CT molecular complexity index is 543. The van der Waals surface area contributed by atoms with Crippen LogP contribution in [-0.4, -0.2) is 54.8 Å². The smallest absolute Gasteiger partial charge is 0.328 e. The number of carbonyl (C=O) groups excluding carboxylic acids is 1. The Morgan fingerprint density at radius 1 is 1.48 bits per heavy atom. The summed E-state index contributed by atoms with van der Waals surface area (Å²) >= 11 is 0. The second kappa shape index (κ2) is 6.58. The highest BCUT2D eigenvalue weighted by Gasteiger charge is 2.32. The van der Waals surface area contributed by atoms with Crippen molar-refractivity contribution in [1.29, 1.82) is 0 Å². The Labute approximate surface area is 123 Å². The lowest BCUT2D eigenvalue weighted by Gasteiger charge is -2.33. The number of hydrogen-bond acceptors (Lipinski definition) is 4. The monoisotopic (exact) mass is 293 g/mol. The van der Waals surface area contributed by atoms with Crippen LogP contribution in [0.25, 0.3) is 0 Å². The molecule has 1 aromatic rings. The molecule has 0 aliphatic carbocycles. The van der Waals surface area contributed by atoms with Crippen LogP contribution in [0.15, 0.2) is 18.2 Å². The van der Waals surface area contributed by atoms with E-state index in [0.717, 1.165) is 11.1 Å². The number of carbonyl (C=O) groups is 2.